The average Bonchev–Trinajstić information content (AvgIpc) is 3.39. The fraction of sp³-hybridized carbons (Fsp3) is 0.300. The molecule has 0 amide bonds. The fourth-order valence-corrected chi connectivity index (χ4v) is 6.40. The van der Waals surface area contributed by atoms with Gasteiger partial charge in [-0.1, -0.05) is 0 Å². The molecule has 2 N–H and O–H groups in total. The Morgan fingerprint density at radius 2 is 2.11 bits per heavy atom. The molecule has 4 aromatic rings. The van der Waals surface area contributed by atoms with E-state index in [9.17, 15) is 0 Å². The normalized spacial score (nSPS) is 17.6. The van der Waals surface area contributed by atoms with Crippen LogP contribution in [-0.2, 0) is 0 Å². The molecule has 7 nitrogen and oxygen atoms in total. The van der Waals surface area contributed by atoms with Gasteiger partial charge in [-0.25, -0.2) is 0 Å². The summed E-state index contributed by atoms with van der Waals surface area (Å²) in [7, 11) is 0. The molecule has 1 fully saturated rings. The molecule has 0 radical (unpaired) electrons. The van der Waals surface area contributed by atoms with Crippen LogP contribution in [0.4, 0.5) is 5.82 Å². The number of aryl methyl sites for hydroxylation is 1. The van der Waals surface area contributed by atoms with Crippen molar-refractivity contribution >= 4 is 16.7 Å². The van der Waals surface area contributed by atoms with Gasteiger partial charge in [-0.2, -0.15) is 0 Å². The Labute approximate surface area is 173 Å². The number of fused-ring (bicyclic) bond motifs is 1. The first-order valence-electron chi connectivity index (χ1n) is 9.32. The first-order valence-corrected chi connectivity index (χ1v) is 12.4. The predicted octanol–water partition coefficient (Wildman–Crippen LogP) is 0.0159. The Bertz CT molecular complexity index is 1120. The molecule has 0 saturated carbocycles. The van der Waals surface area contributed by atoms with Crippen molar-refractivity contribution in [3.05, 3.63) is 42.4 Å². The molecule has 0 bridgehead atoms. The van der Waals surface area contributed by atoms with E-state index in [-0.39, 0.29) is 0 Å². The first-order chi connectivity index (χ1) is 13.7. The molecule has 0 aromatic carbocycles. The molecule has 0 aliphatic carbocycles. The van der Waals surface area contributed by atoms with Crippen LogP contribution in [0.1, 0.15) is 12.5 Å². The minimum atomic E-state index is 0.322. The second-order valence-corrected chi connectivity index (χ2v) is 10.1. The van der Waals surface area contributed by atoms with E-state index in [4.69, 9.17) is 4.98 Å². The van der Waals surface area contributed by atoms with Gasteiger partial charge in [0.05, 0.1) is 0 Å². The monoisotopic (exact) mass is 486 g/mol. The third-order valence-corrected chi connectivity index (χ3v) is 8.33. The number of alkyl halides is 2. The predicted molar refractivity (Wildman–Crippen MR) is 106 cm³/mol. The van der Waals surface area contributed by atoms with Crippen LogP contribution in [0, 0.1) is 6.92 Å². The van der Waals surface area contributed by atoms with Gasteiger partial charge in [0.2, 0.25) is 0 Å². The average molecular weight is 486 g/mol. The molecule has 144 valence electrons. The van der Waals surface area contributed by atoms with E-state index in [2.05, 4.69) is 50.2 Å². The van der Waals surface area contributed by atoms with E-state index in [1.807, 2.05) is 24.5 Å². The van der Waals surface area contributed by atoms with Gasteiger partial charge in [0, 0.05) is 0 Å². The summed E-state index contributed by atoms with van der Waals surface area (Å²) in [6.07, 6.45) is 5.45. The molecular formula is C20H21IN7-. The molecule has 1 atom stereocenters. The Morgan fingerprint density at radius 3 is 2.86 bits per heavy atom. The van der Waals surface area contributed by atoms with Gasteiger partial charge in [0.1, 0.15) is 0 Å². The van der Waals surface area contributed by atoms with Crippen molar-refractivity contribution in [2.75, 3.05) is 20.3 Å². The number of nitrogens with one attached hydrogen (secondary N) is 2. The van der Waals surface area contributed by atoms with Crippen molar-refractivity contribution < 1.29 is 21.2 Å². The second-order valence-electron chi connectivity index (χ2n) is 7.06. The van der Waals surface area contributed by atoms with Gasteiger partial charge < -0.3 is 0 Å². The van der Waals surface area contributed by atoms with E-state index >= 15 is 0 Å². The van der Waals surface area contributed by atoms with E-state index in [1.165, 1.54) is 8.86 Å². The van der Waals surface area contributed by atoms with Gasteiger partial charge in [-0.3, -0.25) is 0 Å². The number of rotatable bonds is 3. The van der Waals surface area contributed by atoms with Crippen LogP contribution in [0.25, 0.3) is 33.5 Å². The molecular weight excluding hydrogens is 465 g/mol. The van der Waals surface area contributed by atoms with E-state index < -0.39 is 0 Å². The summed E-state index contributed by atoms with van der Waals surface area (Å²) in [6.45, 7) is 5.47. The quantitative estimate of drug-likeness (QED) is 0.315. The molecule has 0 unspecified atom stereocenters. The second kappa shape index (κ2) is 7.16. The number of anilines is 1. The van der Waals surface area contributed by atoms with Crippen LogP contribution in [0.3, 0.4) is 0 Å². The zero-order valence-corrected chi connectivity index (χ0v) is 17.9. The first kappa shape index (κ1) is 17.6. The standard InChI is InChI=1S/C20H21IN7/c1-12-11-24-27-18(12)15-9-17(28-8-5-21-10-13(28)2)25-19-14(15)3-6-22-20(19)16-4-7-23-26-16/h3-4,6-7,9,11,13H,5,8,10H2,1-2H3,(H,23,26)(H,24,27)/q-1/t13-/m1/s1. The van der Waals surface area contributed by atoms with Crippen molar-refractivity contribution in [2.24, 2.45) is 0 Å². The van der Waals surface area contributed by atoms with Crippen molar-refractivity contribution in [1.82, 2.24) is 30.4 Å². The number of pyridine rings is 2. The zero-order valence-electron chi connectivity index (χ0n) is 15.8. The van der Waals surface area contributed by atoms with Crippen LogP contribution in [-0.4, -0.2) is 51.8 Å². The number of nitrogens with zero attached hydrogens (tertiary/aromatic N) is 5. The van der Waals surface area contributed by atoms with Gasteiger partial charge >= 0.3 is 173 Å². The molecule has 1 aliphatic rings. The van der Waals surface area contributed by atoms with E-state index in [0.717, 1.165) is 51.5 Å². The van der Waals surface area contributed by atoms with Gasteiger partial charge in [-0.15, -0.1) is 0 Å². The summed E-state index contributed by atoms with van der Waals surface area (Å²) in [5, 5.41) is 15.6. The minimum absolute atomic E-state index is 0.322. The SMILES string of the molecule is Cc1cn[nH]c1-c1cc(N2CC[I-]C[C@H]2C)nc2c(-c3ccn[nH]3)nccc12. The van der Waals surface area contributed by atoms with Crippen molar-refractivity contribution in [3.63, 3.8) is 0 Å². The molecule has 5 heterocycles. The van der Waals surface area contributed by atoms with Crippen molar-refractivity contribution in [2.45, 2.75) is 19.9 Å². The van der Waals surface area contributed by atoms with Gasteiger partial charge in [-0.05, 0) is 0 Å². The van der Waals surface area contributed by atoms with Crippen LogP contribution in [0.15, 0.2) is 36.8 Å². The molecule has 1 saturated heterocycles. The Hall–Kier alpha value is -2.49. The maximum atomic E-state index is 5.10. The molecule has 8 heteroatoms. The van der Waals surface area contributed by atoms with Gasteiger partial charge in [0.15, 0.2) is 0 Å². The van der Waals surface area contributed by atoms with Gasteiger partial charge in [0.25, 0.3) is 0 Å². The molecule has 4 aromatic heterocycles. The third kappa shape index (κ3) is 2.95. The molecule has 5 rings (SSSR count). The Balaban J connectivity index is 1.79. The van der Waals surface area contributed by atoms with Crippen LogP contribution >= 0.6 is 0 Å². The zero-order chi connectivity index (χ0) is 19.1. The van der Waals surface area contributed by atoms with E-state index in [1.54, 1.807) is 6.20 Å². The van der Waals surface area contributed by atoms with Crippen LogP contribution in [0.5, 0.6) is 0 Å². The summed E-state index contributed by atoms with van der Waals surface area (Å²) in [4.78, 5) is 12.2. The maximum absolute atomic E-state index is 5.10. The number of hydrogen-bond donors (Lipinski definition) is 2. The number of halogens is 1. The number of hydrogen-bond acceptors (Lipinski definition) is 5. The third-order valence-electron chi connectivity index (χ3n) is 5.19. The number of aromatic amines is 2. The summed E-state index contributed by atoms with van der Waals surface area (Å²) >= 11 is 0.322. The molecule has 0 spiro atoms. The number of H-pyrrole nitrogens is 2. The van der Waals surface area contributed by atoms with Crippen LogP contribution in [0.2, 0.25) is 0 Å². The van der Waals surface area contributed by atoms with Crippen molar-refractivity contribution in [3.8, 4) is 22.6 Å². The topological polar surface area (TPSA) is 86.4 Å². The summed E-state index contributed by atoms with van der Waals surface area (Å²) in [5.74, 6) is 1.02. The summed E-state index contributed by atoms with van der Waals surface area (Å²) < 4.78 is 2.61. The molecule has 28 heavy (non-hydrogen) atoms. The fourth-order valence-electron chi connectivity index (χ4n) is 3.73. The summed E-state index contributed by atoms with van der Waals surface area (Å²) in [5.41, 5.74) is 5.86. The van der Waals surface area contributed by atoms with Crippen LogP contribution < -0.4 is 26.1 Å². The summed E-state index contributed by atoms with van der Waals surface area (Å²) in [6, 6.07) is 6.70. The molecule has 1 aliphatic heterocycles. The van der Waals surface area contributed by atoms with E-state index in [0.29, 0.717) is 27.2 Å². The van der Waals surface area contributed by atoms with Crippen molar-refractivity contribution in [1.29, 1.82) is 0 Å². The Kier molecular flexibility index (Phi) is 4.50. The Morgan fingerprint density at radius 1 is 1.18 bits per heavy atom. The number of aromatic nitrogens is 6.